The summed E-state index contributed by atoms with van der Waals surface area (Å²) in [5.74, 6) is 2.12. The fraction of sp³-hybridized carbons (Fsp3) is 0.0392. The Balaban J connectivity index is 1.10. The summed E-state index contributed by atoms with van der Waals surface area (Å²) in [6, 6.07) is 58.6. The Morgan fingerprint density at radius 2 is 1.07 bits per heavy atom. The predicted molar refractivity (Wildman–Crippen MR) is 241 cm³/mol. The Hall–Kier alpha value is -6.73. The number of aromatic nitrogens is 4. The molecule has 0 unspecified atom stereocenters. The third kappa shape index (κ3) is 5.22. The molecule has 0 saturated carbocycles. The van der Waals surface area contributed by atoms with E-state index in [0.717, 1.165) is 41.0 Å². The van der Waals surface area contributed by atoms with E-state index in [2.05, 4.69) is 174 Å². The standard InChI is InChI=1S/C51H32N4S2/c1-3-12-31(13-4-1)32-22-24-33(25-23-32)49-52-50(34-26-27-38-37-17-8-10-21-44(37)56-45(38)30-34)54-51(53-49)42-19-11-18-40-41-29-28-39-36-16-7-9-20-43(36)55(35-14-5-2-6-15-35)46(39)48(41)57-47(40)42/h1-10,12-18,20-30H,11,19H2. The van der Waals surface area contributed by atoms with Gasteiger partial charge in [0, 0.05) is 63.3 Å². The van der Waals surface area contributed by atoms with Gasteiger partial charge in [-0.15, -0.1) is 22.7 Å². The lowest BCUT2D eigenvalue weighted by molar-refractivity contribution is 0.987. The maximum Gasteiger partial charge on any atom is 0.164 e. The third-order valence-corrected chi connectivity index (χ3v) is 13.8. The monoisotopic (exact) mass is 764 g/mol. The predicted octanol–water partition coefficient (Wildman–Crippen LogP) is 12.3. The van der Waals surface area contributed by atoms with E-state index in [4.69, 9.17) is 15.0 Å². The van der Waals surface area contributed by atoms with Crippen molar-refractivity contribution in [1.82, 2.24) is 19.5 Å². The molecule has 4 heterocycles. The second-order valence-corrected chi connectivity index (χ2v) is 16.8. The summed E-state index contributed by atoms with van der Waals surface area (Å²) in [5.41, 5.74) is 9.12. The van der Waals surface area contributed by atoms with E-state index >= 15 is 0 Å². The fourth-order valence-electron chi connectivity index (χ4n) is 8.66. The number of thiophene rings is 2. The van der Waals surface area contributed by atoms with Crippen LogP contribution in [0, 0.1) is 0 Å². The molecule has 57 heavy (non-hydrogen) atoms. The van der Waals surface area contributed by atoms with Gasteiger partial charge in [-0.05, 0) is 59.5 Å². The van der Waals surface area contributed by atoms with Crippen LogP contribution in [0.2, 0.25) is 0 Å². The van der Waals surface area contributed by atoms with Gasteiger partial charge in [-0.3, -0.25) is 0 Å². The molecule has 4 nitrogen and oxygen atoms in total. The highest BCUT2D eigenvalue weighted by Gasteiger charge is 2.22. The van der Waals surface area contributed by atoms with Crippen molar-refractivity contribution in [1.29, 1.82) is 0 Å². The molecule has 1 aliphatic rings. The van der Waals surface area contributed by atoms with E-state index < -0.39 is 0 Å². The molecule has 11 aromatic rings. The topological polar surface area (TPSA) is 43.6 Å². The molecule has 1 aliphatic carbocycles. The SMILES string of the molecule is C1=c2c(sc3c2ccc2c4ccccc4n(-c4ccccc4)c23)=C(c2nc(-c3ccc(-c4ccccc4)cc3)nc(-c3ccc4c(c3)sc3ccccc34)n2)CC1. The molecule has 0 N–H and O–H groups in total. The first kappa shape index (κ1) is 32.5. The van der Waals surface area contributed by atoms with Gasteiger partial charge in [0.05, 0.1) is 15.7 Å². The molecular weight excluding hydrogens is 733 g/mol. The summed E-state index contributed by atoms with van der Waals surface area (Å²) in [6.45, 7) is 0. The zero-order valence-electron chi connectivity index (χ0n) is 30.7. The van der Waals surface area contributed by atoms with E-state index in [1.165, 1.54) is 73.0 Å². The zero-order chi connectivity index (χ0) is 37.5. The Bertz CT molecular complexity index is 3510. The Morgan fingerprint density at radius 3 is 1.91 bits per heavy atom. The average molecular weight is 765 g/mol. The summed E-state index contributed by atoms with van der Waals surface area (Å²) in [7, 11) is 0. The van der Waals surface area contributed by atoms with Crippen molar-refractivity contribution in [3.05, 3.63) is 179 Å². The normalized spacial score (nSPS) is 12.9. The molecule has 0 amide bonds. The van der Waals surface area contributed by atoms with E-state index in [1.54, 1.807) is 0 Å². The number of nitrogens with zero attached hydrogens (tertiary/aromatic N) is 4. The first-order valence-corrected chi connectivity index (χ1v) is 21.0. The lowest BCUT2D eigenvalue weighted by Crippen LogP contribution is -2.26. The van der Waals surface area contributed by atoms with Crippen LogP contribution in [0.5, 0.6) is 0 Å². The van der Waals surface area contributed by atoms with Crippen LogP contribution in [-0.4, -0.2) is 19.5 Å². The molecule has 6 heteroatoms. The minimum Gasteiger partial charge on any atom is -0.308 e. The molecule has 7 aromatic carbocycles. The van der Waals surface area contributed by atoms with Gasteiger partial charge in [-0.1, -0.05) is 140 Å². The highest BCUT2D eigenvalue weighted by molar-refractivity contribution is 7.25. The van der Waals surface area contributed by atoms with Gasteiger partial charge in [0.25, 0.3) is 0 Å². The lowest BCUT2D eigenvalue weighted by Gasteiger charge is -2.12. The molecule has 0 bridgehead atoms. The van der Waals surface area contributed by atoms with Crippen LogP contribution in [0.3, 0.4) is 0 Å². The van der Waals surface area contributed by atoms with Gasteiger partial charge in [-0.2, -0.15) is 0 Å². The van der Waals surface area contributed by atoms with Crippen LogP contribution in [-0.2, 0) is 0 Å². The zero-order valence-corrected chi connectivity index (χ0v) is 32.3. The fourth-order valence-corrected chi connectivity index (χ4v) is 11.2. The van der Waals surface area contributed by atoms with Crippen molar-refractivity contribution in [2.75, 3.05) is 0 Å². The van der Waals surface area contributed by atoms with Gasteiger partial charge >= 0.3 is 0 Å². The minimum atomic E-state index is 0.683. The van der Waals surface area contributed by atoms with Crippen LogP contribution in [0.4, 0.5) is 0 Å². The van der Waals surface area contributed by atoms with Crippen LogP contribution in [0.15, 0.2) is 164 Å². The Morgan fingerprint density at radius 1 is 0.456 bits per heavy atom. The first-order valence-electron chi connectivity index (χ1n) is 19.3. The van der Waals surface area contributed by atoms with Crippen LogP contribution < -0.4 is 9.75 Å². The number of hydrogen-bond acceptors (Lipinski definition) is 5. The molecule has 268 valence electrons. The molecule has 0 radical (unpaired) electrons. The lowest BCUT2D eigenvalue weighted by atomic mass is 10.0. The van der Waals surface area contributed by atoms with E-state index in [1.807, 2.05) is 22.7 Å². The van der Waals surface area contributed by atoms with Crippen molar-refractivity contribution < 1.29 is 0 Å². The van der Waals surface area contributed by atoms with Crippen molar-refractivity contribution in [3.8, 4) is 39.6 Å². The van der Waals surface area contributed by atoms with E-state index in [0.29, 0.717) is 11.6 Å². The number of rotatable bonds is 5. The maximum absolute atomic E-state index is 5.34. The summed E-state index contributed by atoms with van der Waals surface area (Å²) in [5, 5.41) is 7.63. The highest BCUT2D eigenvalue weighted by Crippen LogP contribution is 2.39. The highest BCUT2D eigenvalue weighted by atomic mass is 32.1. The summed E-state index contributed by atoms with van der Waals surface area (Å²) in [4.78, 5) is 15.9. The quantitative estimate of drug-likeness (QED) is 0.175. The Kier molecular flexibility index (Phi) is 7.37. The summed E-state index contributed by atoms with van der Waals surface area (Å²) < 4.78 is 7.49. The molecule has 12 rings (SSSR count). The van der Waals surface area contributed by atoms with Crippen molar-refractivity contribution in [2.45, 2.75) is 12.8 Å². The van der Waals surface area contributed by atoms with Crippen molar-refractivity contribution >= 4 is 86.4 Å². The number of para-hydroxylation sites is 2. The second-order valence-electron chi connectivity index (χ2n) is 14.7. The van der Waals surface area contributed by atoms with Gasteiger partial charge in [0.2, 0.25) is 0 Å². The van der Waals surface area contributed by atoms with Gasteiger partial charge in [-0.25, -0.2) is 15.0 Å². The van der Waals surface area contributed by atoms with Crippen molar-refractivity contribution in [3.63, 3.8) is 0 Å². The largest absolute Gasteiger partial charge is 0.308 e. The molecule has 0 spiro atoms. The van der Waals surface area contributed by atoms with Gasteiger partial charge in [0.1, 0.15) is 0 Å². The van der Waals surface area contributed by atoms with Crippen LogP contribution >= 0.6 is 22.7 Å². The number of fused-ring (bicyclic) bond motifs is 10. The smallest absolute Gasteiger partial charge is 0.164 e. The third-order valence-electron chi connectivity index (χ3n) is 11.4. The van der Waals surface area contributed by atoms with Gasteiger partial charge in [0.15, 0.2) is 17.5 Å². The van der Waals surface area contributed by atoms with Gasteiger partial charge < -0.3 is 4.57 Å². The summed E-state index contributed by atoms with van der Waals surface area (Å²) in [6.07, 6.45) is 4.19. The molecule has 0 atom stereocenters. The Labute approximate surface area is 336 Å². The minimum absolute atomic E-state index is 0.683. The molecule has 0 aliphatic heterocycles. The maximum atomic E-state index is 5.34. The second kappa shape index (κ2) is 12.9. The average Bonchev–Trinajstić information content (AvgIpc) is 3.96. The van der Waals surface area contributed by atoms with Crippen molar-refractivity contribution in [2.24, 2.45) is 0 Å². The number of hydrogen-bond donors (Lipinski definition) is 0. The molecule has 0 fully saturated rings. The van der Waals surface area contributed by atoms with Crippen LogP contribution in [0.1, 0.15) is 18.7 Å². The molecule has 0 saturated heterocycles. The first-order chi connectivity index (χ1) is 28.2. The summed E-state index contributed by atoms with van der Waals surface area (Å²) >= 11 is 3.69. The molecule has 4 aromatic heterocycles. The van der Waals surface area contributed by atoms with Crippen LogP contribution in [0.25, 0.3) is 103 Å². The number of benzene rings is 7. The molecular formula is C51H32N4S2. The van der Waals surface area contributed by atoms with E-state index in [9.17, 15) is 0 Å². The van der Waals surface area contributed by atoms with E-state index in [-0.39, 0.29) is 0 Å².